The molecule has 1 aliphatic heterocycles. The van der Waals surface area contributed by atoms with Crippen LogP contribution in [0.3, 0.4) is 0 Å². The van der Waals surface area contributed by atoms with Crippen molar-refractivity contribution in [3.8, 4) is 0 Å². The van der Waals surface area contributed by atoms with E-state index in [2.05, 4.69) is 24.0 Å². The summed E-state index contributed by atoms with van der Waals surface area (Å²) in [6.07, 6.45) is -2.83. The zero-order valence-corrected chi connectivity index (χ0v) is 18.8. The van der Waals surface area contributed by atoms with Crippen molar-refractivity contribution in [1.82, 2.24) is 4.90 Å². The summed E-state index contributed by atoms with van der Waals surface area (Å²) >= 11 is 5.83. The van der Waals surface area contributed by atoms with Crippen molar-refractivity contribution < 1.29 is 23.1 Å². The highest BCUT2D eigenvalue weighted by molar-refractivity contribution is 6.31. The lowest BCUT2D eigenvalue weighted by Crippen LogP contribution is -2.49. The molecular weight excluding hydrogens is 441 g/mol. The molecule has 2 aromatic carbocycles. The summed E-state index contributed by atoms with van der Waals surface area (Å²) in [6.45, 7) is 6.38. The molecule has 1 saturated heterocycles. The summed E-state index contributed by atoms with van der Waals surface area (Å²) in [5, 5.41) is 8.84. The third kappa shape index (κ3) is 4.20. The van der Waals surface area contributed by atoms with Gasteiger partial charge in [0.2, 0.25) is 0 Å². The Balaban J connectivity index is 1.62. The topological polar surface area (TPSA) is 43.8 Å². The first-order valence-corrected chi connectivity index (χ1v) is 11.2. The van der Waals surface area contributed by atoms with Crippen molar-refractivity contribution in [2.75, 3.05) is 24.5 Å². The Morgan fingerprint density at radius 1 is 1.25 bits per heavy atom. The Kier molecular flexibility index (Phi) is 6.16. The average Bonchev–Trinajstić information content (AvgIpc) is 3.10. The van der Waals surface area contributed by atoms with Crippen LogP contribution in [0.25, 0.3) is 0 Å². The SMILES string of the molecule is CCN(c1ccc(Cl)c(C(F)(F)F)c1)C1CCc2c1ccc(C)c2CN1CC(C(=O)O)C1. The molecule has 32 heavy (non-hydrogen) atoms. The third-order valence-corrected chi connectivity index (χ3v) is 7.05. The fourth-order valence-electron chi connectivity index (χ4n) is 4.99. The lowest BCUT2D eigenvalue weighted by molar-refractivity contribution is -0.147. The first-order valence-electron chi connectivity index (χ1n) is 10.8. The van der Waals surface area contributed by atoms with Crippen LogP contribution in [0.2, 0.25) is 5.02 Å². The smallest absolute Gasteiger partial charge is 0.417 e. The predicted octanol–water partition coefficient (Wildman–Crippen LogP) is 5.70. The molecule has 0 amide bonds. The van der Waals surface area contributed by atoms with Crippen LogP contribution in [0.15, 0.2) is 30.3 Å². The molecule has 172 valence electrons. The van der Waals surface area contributed by atoms with Crippen LogP contribution in [0.4, 0.5) is 18.9 Å². The van der Waals surface area contributed by atoms with Crippen LogP contribution in [0.5, 0.6) is 0 Å². The van der Waals surface area contributed by atoms with Crippen molar-refractivity contribution in [3.63, 3.8) is 0 Å². The van der Waals surface area contributed by atoms with Crippen molar-refractivity contribution in [1.29, 1.82) is 0 Å². The first kappa shape index (κ1) is 22.9. The lowest BCUT2D eigenvalue weighted by atomic mass is 9.93. The lowest BCUT2D eigenvalue weighted by Gasteiger charge is -2.37. The number of nitrogens with zero attached hydrogens (tertiary/aromatic N) is 2. The summed E-state index contributed by atoms with van der Waals surface area (Å²) in [7, 11) is 0. The summed E-state index contributed by atoms with van der Waals surface area (Å²) in [6, 6.07) is 8.26. The molecule has 1 aliphatic carbocycles. The minimum absolute atomic E-state index is 0.0141. The average molecular weight is 467 g/mol. The Hall–Kier alpha value is -2.25. The number of carbonyl (C=O) groups is 1. The fourth-order valence-corrected chi connectivity index (χ4v) is 5.21. The van der Waals surface area contributed by atoms with Crippen LogP contribution in [0.1, 0.15) is 47.2 Å². The van der Waals surface area contributed by atoms with E-state index in [1.54, 1.807) is 6.07 Å². The van der Waals surface area contributed by atoms with Gasteiger partial charge in [0.05, 0.1) is 22.5 Å². The molecule has 8 heteroatoms. The molecule has 0 radical (unpaired) electrons. The van der Waals surface area contributed by atoms with E-state index < -0.39 is 17.7 Å². The quantitative estimate of drug-likeness (QED) is 0.593. The van der Waals surface area contributed by atoms with Gasteiger partial charge in [0.1, 0.15) is 0 Å². The van der Waals surface area contributed by atoms with Crippen LogP contribution in [-0.2, 0) is 23.9 Å². The number of benzene rings is 2. The second-order valence-corrected chi connectivity index (χ2v) is 9.07. The first-order chi connectivity index (χ1) is 15.1. The van der Waals surface area contributed by atoms with Crippen LogP contribution in [-0.4, -0.2) is 35.6 Å². The highest BCUT2D eigenvalue weighted by Crippen LogP contribution is 2.43. The number of aryl methyl sites for hydroxylation is 1. The number of hydrogen-bond donors (Lipinski definition) is 1. The minimum Gasteiger partial charge on any atom is -0.481 e. The second kappa shape index (κ2) is 8.60. The maximum Gasteiger partial charge on any atom is 0.417 e. The molecule has 2 aliphatic rings. The Morgan fingerprint density at radius 3 is 2.59 bits per heavy atom. The zero-order chi connectivity index (χ0) is 23.2. The van der Waals surface area contributed by atoms with Crippen LogP contribution in [0, 0.1) is 12.8 Å². The molecule has 4 nitrogen and oxygen atoms in total. The Bertz CT molecular complexity index is 1030. The summed E-state index contributed by atoms with van der Waals surface area (Å²) in [5.41, 5.74) is 4.47. The summed E-state index contributed by atoms with van der Waals surface area (Å²) in [4.78, 5) is 15.3. The maximum absolute atomic E-state index is 13.4. The molecule has 0 spiro atoms. The summed E-state index contributed by atoms with van der Waals surface area (Å²) < 4.78 is 40.2. The van der Waals surface area contributed by atoms with Crippen molar-refractivity contribution in [2.45, 2.75) is 45.5 Å². The zero-order valence-electron chi connectivity index (χ0n) is 18.0. The number of halogens is 4. The van der Waals surface area contributed by atoms with Crippen molar-refractivity contribution in [3.05, 3.63) is 63.2 Å². The molecule has 1 heterocycles. The van der Waals surface area contributed by atoms with Gasteiger partial charge in [-0.05, 0) is 67.1 Å². The molecular formula is C24H26ClF3N2O2. The van der Waals surface area contributed by atoms with E-state index in [1.165, 1.54) is 17.2 Å². The molecule has 1 fully saturated rings. The van der Waals surface area contributed by atoms with E-state index in [9.17, 15) is 18.0 Å². The molecule has 0 saturated carbocycles. The number of fused-ring (bicyclic) bond motifs is 1. The van der Waals surface area contributed by atoms with Gasteiger partial charge in [0.25, 0.3) is 0 Å². The number of carboxylic acids is 1. The Labute approximate surface area is 190 Å². The molecule has 2 aromatic rings. The van der Waals surface area contributed by atoms with E-state index in [0.717, 1.165) is 30.0 Å². The van der Waals surface area contributed by atoms with Gasteiger partial charge in [-0.1, -0.05) is 23.7 Å². The van der Waals surface area contributed by atoms with E-state index in [1.807, 2.05) is 11.8 Å². The molecule has 0 aromatic heterocycles. The van der Waals surface area contributed by atoms with E-state index >= 15 is 0 Å². The molecule has 4 rings (SSSR count). The van der Waals surface area contributed by atoms with Crippen molar-refractivity contribution in [2.24, 2.45) is 5.92 Å². The van der Waals surface area contributed by atoms with Gasteiger partial charge >= 0.3 is 12.1 Å². The maximum atomic E-state index is 13.4. The van der Waals surface area contributed by atoms with Gasteiger partial charge in [0.15, 0.2) is 0 Å². The number of anilines is 1. The number of carboxylic acid groups (broad SMARTS) is 1. The van der Waals surface area contributed by atoms with Gasteiger partial charge < -0.3 is 10.0 Å². The van der Waals surface area contributed by atoms with Gasteiger partial charge in [-0.25, -0.2) is 0 Å². The number of aliphatic carboxylic acids is 1. The molecule has 1 N–H and O–H groups in total. The monoisotopic (exact) mass is 466 g/mol. The summed E-state index contributed by atoms with van der Waals surface area (Å²) in [5.74, 6) is -1.06. The fraction of sp³-hybridized carbons (Fsp3) is 0.458. The minimum atomic E-state index is -4.50. The van der Waals surface area contributed by atoms with Gasteiger partial charge in [-0.2, -0.15) is 13.2 Å². The number of rotatable bonds is 6. The Morgan fingerprint density at radius 2 is 1.97 bits per heavy atom. The number of likely N-dealkylation sites (tertiary alicyclic amines) is 1. The van der Waals surface area contributed by atoms with Gasteiger partial charge in [-0.15, -0.1) is 0 Å². The highest BCUT2D eigenvalue weighted by Gasteiger charge is 2.36. The van der Waals surface area contributed by atoms with Crippen LogP contribution >= 0.6 is 11.6 Å². The third-order valence-electron chi connectivity index (χ3n) is 6.72. The van der Waals surface area contributed by atoms with E-state index in [-0.39, 0.29) is 17.0 Å². The van der Waals surface area contributed by atoms with E-state index in [0.29, 0.717) is 31.9 Å². The van der Waals surface area contributed by atoms with Gasteiger partial charge in [-0.3, -0.25) is 9.69 Å². The molecule has 0 bridgehead atoms. The normalized spacial score (nSPS) is 19.0. The molecule has 1 unspecified atom stereocenters. The highest BCUT2D eigenvalue weighted by atomic mass is 35.5. The number of hydrogen-bond acceptors (Lipinski definition) is 3. The second-order valence-electron chi connectivity index (χ2n) is 8.66. The standard InChI is InChI=1S/C24H26ClF3N2O2/c1-3-30(16-5-8-21(25)20(10-16)24(26,27)28)22-9-7-17-18(22)6-4-14(2)19(17)13-29-11-15(12-29)23(31)32/h4-6,8,10,15,22H,3,7,9,11-13H2,1-2H3,(H,31,32). The van der Waals surface area contributed by atoms with Crippen LogP contribution < -0.4 is 4.90 Å². The van der Waals surface area contributed by atoms with Crippen molar-refractivity contribution >= 4 is 23.3 Å². The number of alkyl halides is 3. The van der Waals surface area contributed by atoms with E-state index in [4.69, 9.17) is 16.7 Å². The molecule has 1 atom stereocenters. The predicted molar refractivity (Wildman–Crippen MR) is 118 cm³/mol. The van der Waals surface area contributed by atoms with Gasteiger partial charge in [0, 0.05) is 31.9 Å². The largest absolute Gasteiger partial charge is 0.481 e.